The van der Waals surface area contributed by atoms with Crippen LogP contribution < -0.4 is 16.7 Å². The highest BCUT2D eigenvalue weighted by molar-refractivity contribution is 6.07. The summed E-state index contributed by atoms with van der Waals surface area (Å²) in [5, 5.41) is 9.17. The van der Waals surface area contributed by atoms with Crippen molar-refractivity contribution in [2.45, 2.75) is 19.8 Å². The summed E-state index contributed by atoms with van der Waals surface area (Å²) >= 11 is 0. The van der Waals surface area contributed by atoms with E-state index in [2.05, 4.69) is 17.0 Å². The Balaban J connectivity index is 2.33. The molecule has 2 aromatic heterocycles. The zero-order chi connectivity index (χ0) is 25.4. The van der Waals surface area contributed by atoms with Gasteiger partial charge in [0.05, 0.1) is 33.2 Å². The number of anilines is 1. The van der Waals surface area contributed by atoms with Crippen molar-refractivity contribution in [3.8, 4) is 0 Å². The van der Waals surface area contributed by atoms with Crippen LogP contribution in [0.4, 0.5) is 18.9 Å². The summed E-state index contributed by atoms with van der Waals surface area (Å²) in [6, 6.07) is 3.47. The number of H-pyrrole nitrogens is 1. The van der Waals surface area contributed by atoms with Crippen molar-refractivity contribution in [2.24, 2.45) is 5.84 Å². The molecule has 0 unspecified atom stereocenters. The van der Waals surface area contributed by atoms with Crippen molar-refractivity contribution in [2.75, 3.05) is 5.43 Å². The first-order chi connectivity index (χ1) is 16.8. The second-order valence-corrected chi connectivity index (χ2v) is 7.77. The number of hydrogen-bond acceptors (Lipinski definition) is 4. The number of nitrogens with zero attached hydrogens (tertiary/aromatic N) is 1. The van der Waals surface area contributed by atoms with Gasteiger partial charge >= 0.3 is 5.97 Å². The van der Waals surface area contributed by atoms with Crippen molar-refractivity contribution < 1.29 is 23.1 Å². The van der Waals surface area contributed by atoms with Crippen molar-refractivity contribution in [3.63, 3.8) is 0 Å². The minimum Gasteiger partial charge on any atom is -0.477 e. The topological polar surface area (TPSA) is 113 Å². The number of aromatic amines is 1. The molecule has 0 spiro atoms. The third kappa shape index (κ3) is 3.68. The van der Waals surface area contributed by atoms with Gasteiger partial charge in [-0.05, 0) is 30.2 Å². The van der Waals surface area contributed by atoms with E-state index >= 15 is 8.78 Å². The van der Waals surface area contributed by atoms with Gasteiger partial charge in [0.25, 0.3) is 0 Å². The number of aromatic nitrogens is 2. The number of carboxylic acid groups (broad SMARTS) is 1. The Kier molecular flexibility index (Phi) is 6.23. The van der Waals surface area contributed by atoms with E-state index in [-0.39, 0.29) is 22.3 Å². The molecule has 0 aliphatic rings. The number of imidazole rings is 1. The van der Waals surface area contributed by atoms with E-state index < -0.39 is 56.6 Å². The Bertz CT molecular complexity index is 1650. The largest absolute Gasteiger partial charge is 0.477 e. The fourth-order valence-corrected chi connectivity index (χ4v) is 4.17. The molecule has 5 N–H and O–H groups in total. The lowest BCUT2D eigenvalue weighted by Crippen LogP contribution is -2.22. The summed E-state index contributed by atoms with van der Waals surface area (Å²) in [6.07, 6.45) is 7.46. The molecule has 0 fully saturated rings. The van der Waals surface area contributed by atoms with Gasteiger partial charge in [-0.25, -0.2) is 18.0 Å². The smallest absolute Gasteiger partial charge is 0.343 e. The SMILES string of the molecule is C=C/C=C(\C=C/CCC)c1c(F)c(NN)c2c(=O)c(C(=O)O)c3[nH]c4cc(F)ccc4n3c2c1F. The standard InChI is InChI=1S/C25H21F3N4O3/c1-3-5-6-8-12(7-4-2)16-19(27)21(31-29)17-22(20(16)28)32-15-10-9-13(26)11-14(15)30-24(32)18(23(17)33)25(34)35/h4,6-11,30-31H,2-3,5,29H2,1H3,(H,34,35)/b8-6-,12-7+. The second kappa shape index (κ2) is 9.15. The molecule has 0 aliphatic heterocycles. The molecule has 7 nitrogen and oxygen atoms in total. The van der Waals surface area contributed by atoms with Crippen LogP contribution in [-0.4, -0.2) is 20.5 Å². The molecule has 4 aromatic rings. The molecule has 180 valence electrons. The lowest BCUT2D eigenvalue weighted by molar-refractivity contribution is 0.0697. The Morgan fingerprint density at radius 1 is 1.26 bits per heavy atom. The molecule has 10 heteroatoms. The van der Waals surface area contributed by atoms with E-state index in [0.717, 1.165) is 23.0 Å². The number of aromatic carboxylic acids is 1. The quantitative estimate of drug-likeness (QED) is 0.163. The first-order valence-corrected chi connectivity index (χ1v) is 10.7. The molecule has 35 heavy (non-hydrogen) atoms. The average Bonchev–Trinajstić information content (AvgIpc) is 3.16. The third-order valence-corrected chi connectivity index (χ3v) is 5.64. The molecule has 0 saturated heterocycles. The molecule has 4 rings (SSSR count). The highest BCUT2D eigenvalue weighted by Crippen LogP contribution is 2.37. The lowest BCUT2D eigenvalue weighted by atomic mass is 9.97. The van der Waals surface area contributed by atoms with E-state index in [0.29, 0.717) is 6.42 Å². The van der Waals surface area contributed by atoms with Gasteiger partial charge in [-0.3, -0.25) is 15.0 Å². The number of fused-ring (bicyclic) bond motifs is 5. The molecule has 0 atom stereocenters. The van der Waals surface area contributed by atoms with Crippen LogP contribution in [0, 0.1) is 17.5 Å². The van der Waals surface area contributed by atoms with Gasteiger partial charge in [-0.15, -0.1) is 0 Å². The van der Waals surface area contributed by atoms with Gasteiger partial charge in [0.2, 0.25) is 5.43 Å². The number of carbonyl (C=O) groups is 1. The molecule has 0 amide bonds. The number of unbranched alkanes of at least 4 members (excludes halogenated alkanes) is 1. The average molecular weight is 482 g/mol. The highest BCUT2D eigenvalue weighted by Gasteiger charge is 2.30. The van der Waals surface area contributed by atoms with Crippen LogP contribution in [-0.2, 0) is 0 Å². The summed E-state index contributed by atoms with van der Waals surface area (Å²) in [5.41, 5.74) is -1.22. The minimum atomic E-state index is -1.64. The van der Waals surface area contributed by atoms with Crippen molar-refractivity contribution in [3.05, 3.63) is 87.9 Å². The number of hydrazine groups is 1. The van der Waals surface area contributed by atoms with Crippen LogP contribution in [0.5, 0.6) is 0 Å². The molecule has 0 aliphatic carbocycles. The van der Waals surface area contributed by atoms with Crippen molar-refractivity contribution >= 4 is 44.8 Å². The monoisotopic (exact) mass is 482 g/mol. The molecular formula is C25H21F3N4O3. The maximum absolute atomic E-state index is 16.2. The van der Waals surface area contributed by atoms with Gasteiger partial charge in [0.15, 0.2) is 11.6 Å². The molecular weight excluding hydrogens is 461 g/mol. The number of halogens is 3. The van der Waals surface area contributed by atoms with E-state index in [1.165, 1.54) is 24.3 Å². The summed E-state index contributed by atoms with van der Waals surface area (Å²) in [4.78, 5) is 28.0. The summed E-state index contributed by atoms with van der Waals surface area (Å²) in [7, 11) is 0. The lowest BCUT2D eigenvalue weighted by Gasteiger charge is -2.16. The third-order valence-electron chi connectivity index (χ3n) is 5.64. The molecule has 2 aromatic carbocycles. The Morgan fingerprint density at radius 3 is 2.63 bits per heavy atom. The van der Waals surface area contributed by atoms with E-state index in [4.69, 9.17) is 5.84 Å². The fraction of sp³-hybridized carbons (Fsp3) is 0.120. The van der Waals surface area contributed by atoms with E-state index in [1.54, 1.807) is 6.08 Å². The molecule has 0 radical (unpaired) electrons. The van der Waals surface area contributed by atoms with Crippen LogP contribution in [0.2, 0.25) is 0 Å². The van der Waals surface area contributed by atoms with Gasteiger partial charge in [0, 0.05) is 0 Å². The first kappa shape index (κ1) is 23.8. The summed E-state index contributed by atoms with van der Waals surface area (Å²) in [6.45, 7) is 5.54. The number of benzene rings is 2. The van der Waals surface area contributed by atoms with Crippen LogP contribution in [0.25, 0.3) is 33.2 Å². The van der Waals surface area contributed by atoms with Crippen LogP contribution in [0.1, 0.15) is 35.7 Å². The van der Waals surface area contributed by atoms with Gasteiger partial charge in [-0.2, -0.15) is 0 Å². The number of allylic oxidation sites excluding steroid dienone is 5. The van der Waals surface area contributed by atoms with Crippen LogP contribution in [0.3, 0.4) is 0 Å². The molecule has 2 heterocycles. The number of nitrogen functional groups attached to an aromatic ring is 1. The molecule has 0 saturated carbocycles. The number of hydrogen-bond donors (Lipinski definition) is 4. The van der Waals surface area contributed by atoms with Gasteiger partial charge in [-0.1, -0.05) is 44.2 Å². The Hall–Kier alpha value is -4.31. The predicted octanol–water partition coefficient (Wildman–Crippen LogP) is 5.26. The minimum absolute atomic E-state index is 0.108. The van der Waals surface area contributed by atoms with Crippen molar-refractivity contribution in [1.29, 1.82) is 0 Å². The fourth-order valence-electron chi connectivity index (χ4n) is 4.17. The summed E-state index contributed by atoms with van der Waals surface area (Å²) in [5.74, 6) is 0.983. The predicted molar refractivity (Wildman–Crippen MR) is 130 cm³/mol. The maximum Gasteiger partial charge on any atom is 0.343 e. The maximum atomic E-state index is 16.2. The zero-order valence-electron chi connectivity index (χ0n) is 18.6. The Morgan fingerprint density at radius 2 is 2.00 bits per heavy atom. The number of carboxylic acids is 1. The normalized spacial score (nSPS) is 12.3. The van der Waals surface area contributed by atoms with Gasteiger partial charge < -0.3 is 15.5 Å². The van der Waals surface area contributed by atoms with E-state index in [1.807, 2.05) is 6.92 Å². The zero-order valence-corrected chi connectivity index (χ0v) is 18.6. The first-order valence-electron chi connectivity index (χ1n) is 10.7. The van der Waals surface area contributed by atoms with E-state index in [9.17, 15) is 19.1 Å². The van der Waals surface area contributed by atoms with Gasteiger partial charge in [0.1, 0.15) is 17.0 Å². The summed E-state index contributed by atoms with van der Waals surface area (Å²) < 4.78 is 47.0. The van der Waals surface area contributed by atoms with Crippen molar-refractivity contribution in [1.82, 2.24) is 9.38 Å². The number of nitrogens with one attached hydrogen (secondary N) is 2. The number of pyridine rings is 1. The Labute approximate surface area is 196 Å². The highest BCUT2D eigenvalue weighted by atomic mass is 19.1. The number of nitrogens with two attached hydrogens (primary N) is 1. The molecule has 0 bridgehead atoms. The van der Waals surface area contributed by atoms with Crippen LogP contribution >= 0.6 is 0 Å². The van der Waals surface area contributed by atoms with Crippen LogP contribution in [0.15, 0.2) is 53.9 Å². The second-order valence-electron chi connectivity index (χ2n) is 7.77. The number of rotatable bonds is 7.